The Morgan fingerprint density at radius 1 is 1.20 bits per heavy atom. The summed E-state index contributed by atoms with van der Waals surface area (Å²) in [5.41, 5.74) is 2.62. The first kappa shape index (κ1) is 17.3. The molecule has 2 N–H and O–H groups in total. The molecule has 1 fully saturated rings. The third-order valence-electron chi connectivity index (χ3n) is 3.98. The molecule has 1 unspecified atom stereocenters. The molecule has 0 amide bonds. The van der Waals surface area contributed by atoms with Gasteiger partial charge in [0.25, 0.3) is 0 Å². The van der Waals surface area contributed by atoms with Crippen molar-refractivity contribution < 1.29 is 0 Å². The normalized spacial score (nSPS) is 16.6. The topological polar surface area (TPSA) is 31.1 Å². The van der Waals surface area contributed by atoms with E-state index in [1.807, 2.05) is 0 Å². The van der Waals surface area contributed by atoms with Gasteiger partial charge < -0.3 is 15.2 Å². The van der Waals surface area contributed by atoms with Crippen LogP contribution in [0.2, 0.25) is 0 Å². The minimum Gasteiger partial charge on any atom is -0.361 e. The highest BCUT2D eigenvalue weighted by Crippen LogP contribution is 2.25. The summed E-state index contributed by atoms with van der Waals surface area (Å²) in [5.74, 6) is 0. The molecule has 1 aromatic carbocycles. The highest BCUT2D eigenvalue weighted by molar-refractivity contribution is 5.85. The van der Waals surface area contributed by atoms with Crippen LogP contribution in [0.1, 0.15) is 24.4 Å². The van der Waals surface area contributed by atoms with E-state index in [4.69, 9.17) is 0 Å². The van der Waals surface area contributed by atoms with E-state index < -0.39 is 0 Å². The largest absolute Gasteiger partial charge is 0.361 e. The summed E-state index contributed by atoms with van der Waals surface area (Å²) in [4.78, 5) is 5.93. The van der Waals surface area contributed by atoms with Gasteiger partial charge in [0, 0.05) is 29.7 Å². The van der Waals surface area contributed by atoms with Gasteiger partial charge in [-0.25, -0.2) is 0 Å². The van der Waals surface area contributed by atoms with Crippen molar-refractivity contribution in [3.8, 4) is 0 Å². The number of benzene rings is 1. The third-order valence-corrected chi connectivity index (χ3v) is 3.98. The average Bonchev–Trinajstić information content (AvgIpc) is 3.05. The zero-order valence-electron chi connectivity index (χ0n) is 11.8. The van der Waals surface area contributed by atoms with Gasteiger partial charge in [0.2, 0.25) is 0 Å². The summed E-state index contributed by atoms with van der Waals surface area (Å²) in [6.07, 6.45) is 4.86. The van der Waals surface area contributed by atoms with Crippen LogP contribution in [-0.2, 0) is 0 Å². The molecule has 3 rings (SSSR count). The number of likely N-dealkylation sites (N-methyl/N-ethyl adjacent to an activating group) is 1. The van der Waals surface area contributed by atoms with Crippen molar-refractivity contribution in [2.75, 3.05) is 26.7 Å². The monoisotopic (exact) mass is 315 g/mol. The van der Waals surface area contributed by atoms with E-state index in [-0.39, 0.29) is 24.8 Å². The number of nitrogens with zero attached hydrogens (tertiary/aromatic N) is 1. The van der Waals surface area contributed by atoms with Crippen LogP contribution < -0.4 is 5.32 Å². The third kappa shape index (κ3) is 3.47. The van der Waals surface area contributed by atoms with Gasteiger partial charge in [-0.3, -0.25) is 0 Å². The lowest BCUT2D eigenvalue weighted by Gasteiger charge is -2.22. The highest BCUT2D eigenvalue weighted by Gasteiger charge is 2.19. The van der Waals surface area contributed by atoms with E-state index in [0.717, 1.165) is 6.54 Å². The van der Waals surface area contributed by atoms with Crippen molar-refractivity contribution in [1.82, 2.24) is 15.2 Å². The number of halogens is 2. The van der Waals surface area contributed by atoms with Crippen LogP contribution in [0.5, 0.6) is 0 Å². The number of hydrogen-bond donors (Lipinski definition) is 2. The molecule has 0 bridgehead atoms. The van der Waals surface area contributed by atoms with Gasteiger partial charge in [-0.1, -0.05) is 18.2 Å². The molecule has 2 heterocycles. The lowest BCUT2D eigenvalue weighted by Crippen LogP contribution is -2.31. The Bertz CT molecular complexity index is 521. The number of aromatic amines is 1. The fourth-order valence-electron chi connectivity index (χ4n) is 2.95. The number of rotatable bonds is 4. The van der Waals surface area contributed by atoms with Gasteiger partial charge in [-0.2, -0.15) is 0 Å². The van der Waals surface area contributed by atoms with Gasteiger partial charge in [-0.15, -0.1) is 24.8 Å². The van der Waals surface area contributed by atoms with Crippen LogP contribution >= 0.6 is 24.8 Å². The quantitative estimate of drug-likeness (QED) is 0.906. The summed E-state index contributed by atoms with van der Waals surface area (Å²) in [6, 6.07) is 8.95. The van der Waals surface area contributed by atoms with Gasteiger partial charge in [0.15, 0.2) is 0 Å². The van der Waals surface area contributed by atoms with E-state index in [1.165, 1.54) is 42.4 Å². The van der Waals surface area contributed by atoms with E-state index in [0.29, 0.717) is 6.04 Å². The Morgan fingerprint density at radius 3 is 2.60 bits per heavy atom. The van der Waals surface area contributed by atoms with E-state index in [9.17, 15) is 0 Å². The maximum Gasteiger partial charge on any atom is 0.0468 e. The molecular weight excluding hydrogens is 293 g/mol. The fraction of sp³-hybridized carbons (Fsp3) is 0.467. The first-order chi connectivity index (χ1) is 8.88. The van der Waals surface area contributed by atoms with E-state index >= 15 is 0 Å². The molecule has 0 radical (unpaired) electrons. The molecule has 0 saturated carbocycles. The van der Waals surface area contributed by atoms with Crippen molar-refractivity contribution in [2.24, 2.45) is 0 Å². The number of H-pyrrole nitrogens is 1. The lowest BCUT2D eigenvalue weighted by molar-refractivity contribution is 0.300. The predicted octanol–water partition coefficient (Wildman–Crippen LogP) is 3.37. The summed E-state index contributed by atoms with van der Waals surface area (Å²) >= 11 is 0. The molecule has 0 spiro atoms. The van der Waals surface area contributed by atoms with Crippen molar-refractivity contribution in [3.63, 3.8) is 0 Å². The van der Waals surface area contributed by atoms with Crippen molar-refractivity contribution in [3.05, 3.63) is 36.0 Å². The maximum atomic E-state index is 3.46. The van der Waals surface area contributed by atoms with Gasteiger partial charge in [0.1, 0.15) is 0 Å². The van der Waals surface area contributed by atoms with Gasteiger partial charge >= 0.3 is 0 Å². The molecule has 1 aliphatic heterocycles. The van der Waals surface area contributed by atoms with Crippen LogP contribution in [0.3, 0.4) is 0 Å². The molecule has 1 saturated heterocycles. The molecular formula is C15H23Cl2N3. The number of hydrogen-bond acceptors (Lipinski definition) is 2. The molecule has 1 atom stereocenters. The number of fused-ring (bicyclic) bond motifs is 1. The van der Waals surface area contributed by atoms with Crippen molar-refractivity contribution in [1.29, 1.82) is 0 Å². The zero-order valence-corrected chi connectivity index (χ0v) is 13.4. The second kappa shape index (κ2) is 7.89. The standard InChI is InChI=1S/C15H21N3.2ClH/c1-16-15(11-18-8-4-5-9-18)13-10-17-14-7-3-2-6-12(13)14;;/h2-3,6-7,10,15-17H,4-5,8-9,11H2,1H3;2*1H. The predicted molar refractivity (Wildman–Crippen MR) is 90.3 cm³/mol. The van der Waals surface area contributed by atoms with Crippen molar-refractivity contribution in [2.45, 2.75) is 18.9 Å². The minimum atomic E-state index is 0. The summed E-state index contributed by atoms with van der Waals surface area (Å²) in [7, 11) is 2.06. The van der Waals surface area contributed by atoms with Crippen LogP contribution in [0, 0.1) is 0 Å². The van der Waals surface area contributed by atoms with Gasteiger partial charge in [0.05, 0.1) is 0 Å². The number of para-hydroxylation sites is 1. The number of aromatic nitrogens is 1. The molecule has 20 heavy (non-hydrogen) atoms. The first-order valence-electron chi connectivity index (χ1n) is 6.84. The second-order valence-corrected chi connectivity index (χ2v) is 5.14. The first-order valence-corrected chi connectivity index (χ1v) is 6.84. The summed E-state index contributed by atoms with van der Waals surface area (Å²) < 4.78 is 0. The smallest absolute Gasteiger partial charge is 0.0468 e. The van der Waals surface area contributed by atoms with E-state index in [1.54, 1.807) is 0 Å². The molecule has 5 heteroatoms. The van der Waals surface area contributed by atoms with Crippen LogP contribution in [0.25, 0.3) is 10.9 Å². The highest BCUT2D eigenvalue weighted by atomic mass is 35.5. The fourth-order valence-corrected chi connectivity index (χ4v) is 2.95. The SMILES string of the molecule is CNC(CN1CCCC1)c1c[nH]c2ccccc12.Cl.Cl. The molecule has 3 nitrogen and oxygen atoms in total. The molecule has 2 aromatic rings. The lowest BCUT2D eigenvalue weighted by atomic mass is 10.1. The Kier molecular flexibility index (Phi) is 6.83. The molecule has 0 aliphatic carbocycles. The van der Waals surface area contributed by atoms with E-state index in [2.05, 4.69) is 52.7 Å². The Labute approximate surface area is 132 Å². The summed E-state index contributed by atoms with van der Waals surface area (Å²) in [5, 5.41) is 4.81. The summed E-state index contributed by atoms with van der Waals surface area (Å²) in [6.45, 7) is 3.61. The maximum absolute atomic E-state index is 3.46. The van der Waals surface area contributed by atoms with Crippen LogP contribution in [0.4, 0.5) is 0 Å². The van der Waals surface area contributed by atoms with Crippen LogP contribution in [-0.4, -0.2) is 36.6 Å². The van der Waals surface area contributed by atoms with Crippen molar-refractivity contribution >= 4 is 35.7 Å². The molecule has 112 valence electrons. The average molecular weight is 316 g/mol. The Morgan fingerprint density at radius 2 is 1.90 bits per heavy atom. The molecule has 1 aliphatic rings. The Balaban J connectivity index is 0.000001000. The number of nitrogens with one attached hydrogen (secondary N) is 2. The molecule has 1 aromatic heterocycles. The second-order valence-electron chi connectivity index (χ2n) is 5.14. The van der Waals surface area contributed by atoms with Gasteiger partial charge in [-0.05, 0) is 44.6 Å². The Hall–Kier alpha value is -0.740. The zero-order chi connectivity index (χ0) is 12.4. The van der Waals surface area contributed by atoms with Crippen LogP contribution in [0.15, 0.2) is 30.5 Å². The number of likely N-dealkylation sites (tertiary alicyclic amines) is 1. The minimum absolute atomic E-state index is 0.